The highest BCUT2D eigenvalue weighted by molar-refractivity contribution is 6.00. The molecule has 1 aromatic heterocycles. The fourth-order valence-corrected chi connectivity index (χ4v) is 4.85. The first-order valence-corrected chi connectivity index (χ1v) is 12.7. The molecule has 5 rings (SSSR count). The van der Waals surface area contributed by atoms with Gasteiger partial charge in [-0.25, -0.2) is 0 Å². The summed E-state index contributed by atoms with van der Waals surface area (Å²) in [5.74, 6) is -1.52. The van der Waals surface area contributed by atoms with Gasteiger partial charge in [-0.05, 0) is 12.1 Å². The predicted molar refractivity (Wildman–Crippen MR) is 137 cm³/mol. The van der Waals surface area contributed by atoms with Crippen molar-refractivity contribution in [3.8, 4) is 28.7 Å². The Morgan fingerprint density at radius 3 is 2.26 bits per heavy atom. The van der Waals surface area contributed by atoms with Gasteiger partial charge in [-0.2, -0.15) is 0 Å². The molecular formula is C26H30O16. The summed E-state index contributed by atoms with van der Waals surface area (Å²) in [7, 11) is 2.64. The van der Waals surface area contributed by atoms with Gasteiger partial charge in [0, 0.05) is 6.07 Å². The van der Waals surface area contributed by atoms with Crippen LogP contribution in [0.15, 0.2) is 27.4 Å². The SMILES string of the molecule is COc1cc(O)c2c(=O)c3c(O)c(O[C@@H]4O[C@H](CO[C@@H]5OC[C@@H](O)[C@H](O)[C@H]5O)[C@@H](O)[C@H](O)[C@H]4O)ccc3oc2c1OC. The third-order valence-corrected chi connectivity index (χ3v) is 7.16. The Labute approximate surface area is 236 Å². The average Bonchev–Trinajstić information content (AvgIpc) is 2.97. The standard InChI is InChI=1S/C26H30O16/c1-36-12-5-8(27)14-19(32)15-10(40-24(14)23(12)37-2)3-4-11(17(15)30)41-26-22(35)20(33)18(31)13(42-26)7-39-25-21(34)16(29)9(28)6-38-25/h3-5,9,13,16,18,20-22,25-31,33-35H,6-7H2,1-2H3/t9-,13-,16+,18-,20+,21-,22-,25+,26-/m1/s1. The Morgan fingerprint density at radius 2 is 1.57 bits per heavy atom. The van der Waals surface area contributed by atoms with Gasteiger partial charge in [0.2, 0.25) is 17.5 Å². The van der Waals surface area contributed by atoms with Crippen molar-refractivity contribution in [2.75, 3.05) is 27.4 Å². The molecule has 2 aliphatic rings. The van der Waals surface area contributed by atoms with Gasteiger partial charge in [-0.15, -0.1) is 0 Å². The monoisotopic (exact) mass is 598 g/mol. The van der Waals surface area contributed by atoms with Crippen LogP contribution in [0.3, 0.4) is 0 Å². The molecular weight excluding hydrogens is 568 g/mol. The van der Waals surface area contributed by atoms with Crippen molar-refractivity contribution in [2.45, 2.75) is 55.3 Å². The number of benzene rings is 2. The van der Waals surface area contributed by atoms with Crippen LogP contribution in [0, 0.1) is 0 Å². The molecule has 0 aliphatic carbocycles. The third kappa shape index (κ3) is 5.06. The van der Waals surface area contributed by atoms with Crippen LogP contribution in [-0.2, 0) is 14.2 Å². The van der Waals surface area contributed by atoms with E-state index in [9.17, 15) is 45.6 Å². The van der Waals surface area contributed by atoms with Gasteiger partial charge < -0.3 is 73.7 Å². The van der Waals surface area contributed by atoms with Crippen molar-refractivity contribution < 1.29 is 73.7 Å². The van der Waals surface area contributed by atoms with Crippen LogP contribution in [0.1, 0.15) is 0 Å². The molecule has 2 saturated heterocycles. The molecule has 8 N–H and O–H groups in total. The van der Waals surface area contributed by atoms with Crippen molar-refractivity contribution in [2.24, 2.45) is 0 Å². The highest BCUT2D eigenvalue weighted by atomic mass is 16.7. The van der Waals surface area contributed by atoms with Crippen molar-refractivity contribution in [1.82, 2.24) is 0 Å². The zero-order valence-electron chi connectivity index (χ0n) is 22.2. The van der Waals surface area contributed by atoms with Crippen molar-refractivity contribution in [3.63, 3.8) is 0 Å². The van der Waals surface area contributed by atoms with E-state index in [1.54, 1.807) is 0 Å². The number of aromatic hydroxyl groups is 2. The Morgan fingerprint density at radius 1 is 0.857 bits per heavy atom. The van der Waals surface area contributed by atoms with Crippen LogP contribution >= 0.6 is 0 Å². The summed E-state index contributed by atoms with van der Waals surface area (Å²) < 4.78 is 37.9. The van der Waals surface area contributed by atoms with Gasteiger partial charge in [-0.1, -0.05) is 0 Å². The van der Waals surface area contributed by atoms with Crippen LogP contribution in [-0.4, -0.2) is 124 Å². The summed E-state index contributed by atoms with van der Waals surface area (Å²) in [6, 6.07) is 3.60. The number of methoxy groups -OCH3 is 2. The first kappa shape index (κ1) is 30.0. The number of aliphatic hydroxyl groups excluding tert-OH is 6. The van der Waals surface area contributed by atoms with Crippen molar-refractivity contribution in [3.05, 3.63) is 28.4 Å². The molecule has 16 heteroatoms. The second kappa shape index (κ2) is 11.7. The zero-order chi connectivity index (χ0) is 30.5. The molecule has 0 radical (unpaired) electrons. The van der Waals surface area contributed by atoms with E-state index in [2.05, 4.69) is 0 Å². The van der Waals surface area contributed by atoms with E-state index in [0.717, 1.165) is 6.07 Å². The summed E-state index contributed by atoms with van der Waals surface area (Å²) in [6.45, 7) is -0.869. The van der Waals surface area contributed by atoms with E-state index in [1.165, 1.54) is 26.4 Å². The maximum absolute atomic E-state index is 13.4. The highest BCUT2D eigenvalue weighted by Crippen LogP contribution is 2.43. The summed E-state index contributed by atoms with van der Waals surface area (Å²) in [5, 5.41) is 81.5. The molecule has 42 heavy (non-hydrogen) atoms. The lowest BCUT2D eigenvalue weighted by atomic mass is 9.99. The minimum absolute atomic E-state index is 0.0282. The molecule has 2 aliphatic heterocycles. The van der Waals surface area contributed by atoms with Crippen molar-refractivity contribution in [1.29, 1.82) is 0 Å². The molecule has 0 spiro atoms. The number of phenols is 2. The number of hydrogen-bond donors (Lipinski definition) is 8. The van der Waals surface area contributed by atoms with Crippen molar-refractivity contribution >= 4 is 21.9 Å². The Balaban J connectivity index is 1.42. The second-order valence-electron chi connectivity index (χ2n) is 9.77. The molecule has 16 nitrogen and oxygen atoms in total. The van der Waals surface area contributed by atoms with E-state index >= 15 is 0 Å². The topological polar surface area (TPSA) is 247 Å². The second-order valence-corrected chi connectivity index (χ2v) is 9.77. The lowest BCUT2D eigenvalue weighted by Gasteiger charge is -2.41. The van der Waals surface area contributed by atoms with Crippen LogP contribution < -0.4 is 19.6 Å². The van der Waals surface area contributed by atoms with Gasteiger partial charge in [0.15, 0.2) is 29.1 Å². The molecule has 2 aromatic carbocycles. The Bertz CT molecular complexity index is 1510. The van der Waals surface area contributed by atoms with E-state index in [4.69, 9.17) is 32.8 Å². The molecule has 2 fully saturated rings. The number of hydrogen-bond acceptors (Lipinski definition) is 16. The summed E-state index contributed by atoms with van der Waals surface area (Å²) >= 11 is 0. The maximum atomic E-state index is 13.4. The lowest BCUT2D eigenvalue weighted by molar-refractivity contribution is -0.307. The zero-order valence-corrected chi connectivity index (χ0v) is 22.2. The highest BCUT2D eigenvalue weighted by Gasteiger charge is 2.46. The number of rotatable bonds is 7. The smallest absolute Gasteiger partial charge is 0.229 e. The van der Waals surface area contributed by atoms with Gasteiger partial charge in [0.1, 0.15) is 64.8 Å². The van der Waals surface area contributed by atoms with Crippen LogP contribution in [0.5, 0.6) is 28.7 Å². The van der Waals surface area contributed by atoms with Gasteiger partial charge in [-0.3, -0.25) is 4.79 Å². The summed E-state index contributed by atoms with van der Waals surface area (Å²) in [5.41, 5.74) is -1.11. The van der Waals surface area contributed by atoms with E-state index in [1.807, 2.05) is 0 Å². The van der Waals surface area contributed by atoms with Crippen LogP contribution in [0.2, 0.25) is 0 Å². The molecule has 9 atom stereocenters. The first-order chi connectivity index (χ1) is 20.0. The summed E-state index contributed by atoms with van der Waals surface area (Å²) in [6.07, 6.45) is -14.4. The number of fused-ring (bicyclic) bond motifs is 2. The number of phenolic OH excluding ortho intramolecular Hbond substituents is 2. The molecule has 230 valence electrons. The van der Waals surface area contributed by atoms with Gasteiger partial charge in [0.25, 0.3) is 0 Å². The van der Waals surface area contributed by atoms with Gasteiger partial charge >= 0.3 is 0 Å². The molecule has 3 aromatic rings. The van der Waals surface area contributed by atoms with E-state index < -0.39 is 84.2 Å². The minimum atomic E-state index is -1.84. The molecule has 3 heterocycles. The Hall–Kier alpha value is -3.45. The molecule has 0 unspecified atom stereocenters. The first-order valence-electron chi connectivity index (χ1n) is 12.7. The molecule has 0 amide bonds. The average molecular weight is 599 g/mol. The molecule has 0 bridgehead atoms. The number of aliphatic hydroxyl groups is 6. The fourth-order valence-electron chi connectivity index (χ4n) is 4.85. The third-order valence-electron chi connectivity index (χ3n) is 7.16. The Kier molecular flexibility index (Phi) is 8.35. The maximum Gasteiger partial charge on any atom is 0.229 e. The summed E-state index contributed by atoms with van der Waals surface area (Å²) in [4.78, 5) is 13.4. The predicted octanol–water partition coefficient (Wildman–Crippen LogP) is -1.98. The quantitative estimate of drug-likeness (QED) is 0.137. The van der Waals surface area contributed by atoms with Crippen LogP contribution in [0.4, 0.5) is 0 Å². The number of ether oxygens (including phenoxy) is 6. The largest absolute Gasteiger partial charge is 0.507 e. The fraction of sp³-hybridized carbons (Fsp3) is 0.500. The normalized spacial score (nSPS) is 31.8. The minimum Gasteiger partial charge on any atom is -0.507 e. The molecule has 0 saturated carbocycles. The lowest BCUT2D eigenvalue weighted by Crippen LogP contribution is -2.61. The van der Waals surface area contributed by atoms with E-state index in [-0.39, 0.29) is 40.4 Å². The van der Waals surface area contributed by atoms with Gasteiger partial charge in [0.05, 0.1) is 27.4 Å². The van der Waals surface area contributed by atoms with E-state index in [0.29, 0.717) is 0 Å². The van der Waals surface area contributed by atoms with Crippen LogP contribution in [0.25, 0.3) is 21.9 Å².